The van der Waals surface area contributed by atoms with Crippen LogP contribution in [0.3, 0.4) is 0 Å². The zero-order valence-corrected chi connectivity index (χ0v) is 12.0. The molecule has 4 bridgehead atoms. The van der Waals surface area contributed by atoms with Crippen molar-refractivity contribution in [1.29, 1.82) is 0 Å². The van der Waals surface area contributed by atoms with Gasteiger partial charge >= 0.3 is 0 Å². The average molecular weight is 276 g/mol. The SMILES string of the molecule is O=C(COCc1cccs1)C12CC3CC(CC1C3)C2. The fourth-order valence-electron chi connectivity index (χ4n) is 5.03. The molecule has 4 saturated carbocycles. The molecule has 4 aliphatic carbocycles. The van der Waals surface area contributed by atoms with E-state index in [1.165, 1.54) is 24.1 Å². The van der Waals surface area contributed by atoms with E-state index in [0.717, 1.165) is 24.7 Å². The standard InChI is InChI=1S/C16H20O2S/c17-15(10-18-9-14-2-1-3-19-14)16-7-11-4-12(8-16)6-13(16)5-11/h1-3,11-13H,4-10H2. The van der Waals surface area contributed by atoms with Gasteiger partial charge in [0.15, 0.2) is 5.78 Å². The van der Waals surface area contributed by atoms with Crippen LogP contribution >= 0.6 is 11.3 Å². The van der Waals surface area contributed by atoms with Gasteiger partial charge in [-0.2, -0.15) is 0 Å². The van der Waals surface area contributed by atoms with Crippen LogP contribution < -0.4 is 0 Å². The van der Waals surface area contributed by atoms with Crippen molar-refractivity contribution in [2.75, 3.05) is 6.61 Å². The van der Waals surface area contributed by atoms with E-state index in [9.17, 15) is 4.79 Å². The molecule has 1 heterocycles. The predicted octanol–water partition coefficient (Wildman–Crippen LogP) is 3.66. The zero-order chi connectivity index (χ0) is 12.9. The van der Waals surface area contributed by atoms with Crippen molar-refractivity contribution < 1.29 is 9.53 Å². The van der Waals surface area contributed by atoms with Crippen LogP contribution in [0.5, 0.6) is 0 Å². The van der Waals surface area contributed by atoms with E-state index in [1.54, 1.807) is 11.3 Å². The number of ether oxygens (including phenoxy) is 1. The summed E-state index contributed by atoms with van der Waals surface area (Å²) in [6, 6.07) is 4.10. The molecule has 1 aromatic heterocycles. The third kappa shape index (κ3) is 1.90. The second-order valence-corrected chi connectivity index (χ2v) is 7.73. The number of carbonyl (C=O) groups is 1. The molecule has 0 amide bonds. The minimum absolute atomic E-state index is 0.0308. The van der Waals surface area contributed by atoms with E-state index in [1.807, 2.05) is 6.07 Å². The summed E-state index contributed by atoms with van der Waals surface area (Å²) in [6.45, 7) is 0.921. The highest BCUT2D eigenvalue weighted by Gasteiger charge is 2.60. The molecule has 2 atom stereocenters. The van der Waals surface area contributed by atoms with Gasteiger partial charge in [0.05, 0.1) is 6.61 Å². The first-order valence-electron chi connectivity index (χ1n) is 7.40. The molecular weight excluding hydrogens is 256 g/mol. The van der Waals surface area contributed by atoms with Crippen LogP contribution in [0.1, 0.15) is 37.0 Å². The molecule has 0 spiro atoms. The molecule has 4 fully saturated rings. The van der Waals surface area contributed by atoms with E-state index in [-0.39, 0.29) is 5.41 Å². The Hall–Kier alpha value is -0.670. The van der Waals surface area contributed by atoms with Gasteiger partial charge in [-0.3, -0.25) is 4.79 Å². The second-order valence-electron chi connectivity index (χ2n) is 6.70. The summed E-state index contributed by atoms with van der Waals surface area (Å²) in [6.07, 6.45) is 6.34. The Balaban J connectivity index is 1.38. The van der Waals surface area contributed by atoms with Crippen LogP contribution in [-0.4, -0.2) is 12.4 Å². The molecule has 0 N–H and O–H groups in total. The Kier molecular flexibility index (Phi) is 2.82. The predicted molar refractivity (Wildman–Crippen MR) is 75.0 cm³/mol. The smallest absolute Gasteiger partial charge is 0.164 e. The topological polar surface area (TPSA) is 26.3 Å². The lowest BCUT2D eigenvalue weighted by atomic mass is 9.73. The number of rotatable bonds is 5. The van der Waals surface area contributed by atoms with Crippen molar-refractivity contribution in [3.8, 4) is 0 Å². The van der Waals surface area contributed by atoms with Gasteiger partial charge in [-0.15, -0.1) is 11.3 Å². The summed E-state index contributed by atoms with van der Waals surface area (Å²) in [5, 5.41) is 2.05. The van der Waals surface area contributed by atoms with Crippen molar-refractivity contribution in [2.24, 2.45) is 23.2 Å². The second kappa shape index (κ2) is 4.42. The highest BCUT2D eigenvalue weighted by molar-refractivity contribution is 7.09. The van der Waals surface area contributed by atoms with Crippen molar-refractivity contribution in [3.05, 3.63) is 22.4 Å². The fraction of sp³-hybridized carbons (Fsp3) is 0.688. The largest absolute Gasteiger partial charge is 0.368 e. The summed E-state index contributed by atoms with van der Waals surface area (Å²) in [5.41, 5.74) is 0.0308. The molecule has 3 heteroatoms. The Morgan fingerprint density at radius 3 is 2.79 bits per heavy atom. The molecule has 0 aromatic carbocycles. The van der Waals surface area contributed by atoms with Gasteiger partial charge < -0.3 is 4.74 Å². The number of Topliss-reactive ketones (excluding diaryl/α,β-unsaturated/α-hetero) is 1. The molecule has 0 aliphatic heterocycles. The Labute approximate surface area is 118 Å². The van der Waals surface area contributed by atoms with Crippen LogP contribution in [-0.2, 0) is 16.1 Å². The normalized spacial score (nSPS) is 39.1. The third-order valence-corrected chi connectivity index (χ3v) is 6.45. The van der Waals surface area contributed by atoms with Gasteiger partial charge in [0.1, 0.15) is 6.61 Å². The number of carbonyl (C=O) groups excluding carboxylic acids is 1. The monoisotopic (exact) mass is 276 g/mol. The Morgan fingerprint density at radius 1 is 1.32 bits per heavy atom. The molecule has 4 aliphatic rings. The van der Waals surface area contributed by atoms with Crippen LogP contribution in [0.4, 0.5) is 0 Å². The zero-order valence-electron chi connectivity index (χ0n) is 11.1. The van der Waals surface area contributed by atoms with Crippen molar-refractivity contribution in [3.63, 3.8) is 0 Å². The lowest BCUT2D eigenvalue weighted by Gasteiger charge is -2.31. The lowest BCUT2D eigenvalue weighted by molar-refractivity contribution is -0.135. The molecule has 102 valence electrons. The molecule has 0 saturated heterocycles. The van der Waals surface area contributed by atoms with Crippen LogP contribution in [0.25, 0.3) is 0 Å². The molecule has 1 aromatic rings. The molecule has 5 rings (SSSR count). The van der Waals surface area contributed by atoms with Crippen molar-refractivity contribution in [1.82, 2.24) is 0 Å². The fourth-order valence-corrected chi connectivity index (χ4v) is 5.67. The van der Waals surface area contributed by atoms with Gasteiger partial charge in [-0.25, -0.2) is 0 Å². The first-order valence-corrected chi connectivity index (χ1v) is 8.28. The number of ketones is 1. The maximum Gasteiger partial charge on any atom is 0.164 e. The summed E-state index contributed by atoms with van der Waals surface area (Å²) in [5.74, 6) is 2.78. The van der Waals surface area contributed by atoms with E-state index >= 15 is 0 Å². The van der Waals surface area contributed by atoms with Crippen molar-refractivity contribution >= 4 is 17.1 Å². The van der Waals surface area contributed by atoms with Crippen LogP contribution in [0.2, 0.25) is 0 Å². The summed E-state index contributed by atoms with van der Waals surface area (Å²) < 4.78 is 5.67. The van der Waals surface area contributed by atoms with Gasteiger partial charge in [0.25, 0.3) is 0 Å². The van der Waals surface area contributed by atoms with Gasteiger partial charge in [-0.05, 0) is 61.3 Å². The van der Waals surface area contributed by atoms with Crippen LogP contribution in [0.15, 0.2) is 17.5 Å². The molecule has 2 nitrogen and oxygen atoms in total. The highest BCUT2D eigenvalue weighted by atomic mass is 32.1. The Bertz CT molecular complexity index is 465. The quantitative estimate of drug-likeness (QED) is 0.820. The van der Waals surface area contributed by atoms with E-state index < -0.39 is 0 Å². The molecule has 2 unspecified atom stereocenters. The maximum absolute atomic E-state index is 12.6. The van der Waals surface area contributed by atoms with Crippen molar-refractivity contribution in [2.45, 2.75) is 38.7 Å². The first kappa shape index (κ1) is 12.1. The summed E-state index contributed by atoms with van der Waals surface area (Å²) in [4.78, 5) is 13.8. The van der Waals surface area contributed by atoms with Gasteiger partial charge in [0.2, 0.25) is 0 Å². The lowest BCUT2D eigenvalue weighted by Crippen LogP contribution is -2.35. The van der Waals surface area contributed by atoms with Gasteiger partial charge in [-0.1, -0.05) is 6.07 Å². The number of thiophene rings is 1. The molecule has 0 radical (unpaired) electrons. The maximum atomic E-state index is 12.6. The van der Waals surface area contributed by atoms with E-state index in [0.29, 0.717) is 24.9 Å². The highest BCUT2D eigenvalue weighted by Crippen LogP contribution is 2.65. The minimum atomic E-state index is 0.0308. The Morgan fingerprint density at radius 2 is 2.11 bits per heavy atom. The number of hydrogen-bond acceptors (Lipinski definition) is 3. The first-order chi connectivity index (χ1) is 9.26. The molecule has 19 heavy (non-hydrogen) atoms. The van der Waals surface area contributed by atoms with E-state index in [4.69, 9.17) is 4.74 Å². The third-order valence-electron chi connectivity index (χ3n) is 5.60. The minimum Gasteiger partial charge on any atom is -0.368 e. The van der Waals surface area contributed by atoms with Crippen LogP contribution in [0, 0.1) is 23.2 Å². The van der Waals surface area contributed by atoms with E-state index in [2.05, 4.69) is 11.4 Å². The van der Waals surface area contributed by atoms with Gasteiger partial charge in [0, 0.05) is 10.3 Å². The number of hydrogen-bond donors (Lipinski definition) is 0. The molecular formula is C16H20O2S. The average Bonchev–Trinajstić information content (AvgIpc) is 3.03. The summed E-state index contributed by atoms with van der Waals surface area (Å²) in [7, 11) is 0. The summed E-state index contributed by atoms with van der Waals surface area (Å²) >= 11 is 1.70.